The van der Waals surface area contributed by atoms with Crippen molar-refractivity contribution in [3.63, 3.8) is 0 Å². The number of methoxy groups -OCH3 is 1. The van der Waals surface area contributed by atoms with Gasteiger partial charge in [0.25, 0.3) is 0 Å². The molecule has 4 rings (SSSR count). The van der Waals surface area contributed by atoms with Crippen LogP contribution < -0.4 is 5.32 Å². The predicted octanol–water partition coefficient (Wildman–Crippen LogP) is 4.36. The van der Waals surface area contributed by atoms with E-state index in [1.165, 1.54) is 0 Å². The predicted molar refractivity (Wildman–Crippen MR) is 124 cm³/mol. The van der Waals surface area contributed by atoms with Crippen molar-refractivity contribution >= 4 is 23.3 Å². The summed E-state index contributed by atoms with van der Waals surface area (Å²) in [6, 6.07) is 14.4. The number of carboxylic acid groups (broad SMARTS) is 1. The van der Waals surface area contributed by atoms with Crippen molar-refractivity contribution in [2.75, 3.05) is 20.3 Å². The van der Waals surface area contributed by atoms with Crippen molar-refractivity contribution < 1.29 is 19.1 Å². The van der Waals surface area contributed by atoms with Gasteiger partial charge in [0.05, 0.1) is 17.3 Å². The number of aromatic carboxylic acids is 1. The number of carbonyl (C=O) groups is 1. The van der Waals surface area contributed by atoms with E-state index in [-0.39, 0.29) is 17.6 Å². The van der Waals surface area contributed by atoms with Gasteiger partial charge in [0.1, 0.15) is 17.6 Å². The monoisotopic (exact) mass is 451 g/mol. The van der Waals surface area contributed by atoms with E-state index in [9.17, 15) is 9.90 Å². The van der Waals surface area contributed by atoms with Crippen LogP contribution >= 0.6 is 12.2 Å². The highest BCUT2D eigenvalue weighted by Crippen LogP contribution is 2.40. The molecule has 0 bridgehead atoms. The van der Waals surface area contributed by atoms with Crippen LogP contribution in [0.1, 0.15) is 45.9 Å². The van der Waals surface area contributed by atoms with Crippen molar-refractivity contribution in [2.45, 2.75) is 25.4 Å². The molecule has 2 aromatic heterocycles. The molecule has 3 heterocycles. The Kier molecular flexibility index (Phi) is 6.53. The fourth-order valence-corrected chi connectivity index (χ4v) is 4.40. The highest BCUT2D eigenvalue weighted by Gasteiger charge is 2.41. The van der Waals surface area contributed by atoms with E-state index in [1.54, 1.807) is 31.5 Å². The molecule has 0 spiro atoms. The maximum absolute atomic E-state index is 11.3. The zero-order chi connectivity index (χ0) is 22.7. The molecule has 166 valence electrons. The van der Waals surface area contributed by atoms with Gasteiger partial charge in [0, 0.05) is 32.0 Å². The van der Waals surface area contributed by atoms with Gasteiger partial charge in [-0.1, -0.05) is 12.1 Å². The van der Waals surface area contributed by atoms with E-state index >= 15 is 0 Å². The lowest BCUT2D eigenvalue weighted by Crippen LogP contribution is -2.31. The summed E-state index contributed by atoms with van der Waals surface area (Å²) < 4.78 is 11.5. The van der Waals surface area contributed by atoms with E-state index < -0.39 is 5.97 Å². The molecule has 0 radical (unpaired) electrons. The van der Waals surface area contributed by atoms with Crippen molar-refractivity contribution in [1.82, 2.24) is 15.2 Å². The number of rotatable bonds is 8. The molecule has 1 saturated heterocycles. The number of hydrogen-bond donors (Lipinski definition) is 2. The maximum atomic E-state index is 11.3. The van der Waals surface area contributed by atoms with Gasteiger partial charge in [-0.15, -0.1) is 0 Å². The smallest absolute Gasteiger partial charge is 0.335 e. The van der Waals surface area contributed by atoms with Gasteiger partial charge in [-0.25, -0.2) is 4.79 Å². The van der Waals surface area contributed by atoms with Gasteiger partial charge in [-0.3, -0.25) is 4.98 Å². The molecule has 32 heavy (non-hydrogen) atoms. The standard InChI is InChI=1S/C24H25N3O4S/c1-15-14-16(23(28)29)7-8-17(15)19-9-10-20(31-19)22-21(18-6-3-4-11-25-18)26-24(32)27(22)12-5-13-30-2/h3-4,6-11,14,21-22H,5,12-13H2,1-2H3,(H,26,32)(H,28,29)/t21-,22+/m0/s1. The Hall–Kier alpha value is -3.23. The topological polar surface area (TPSA) is 87.8 Å². The number of hydrogen-bond acceptors (Lipinski definition) is 5. The average molecular weight is 452 g/mol. The molecular formula is C24H25N3O4S. The molecule has 0 saturated carbocycles. The van der Waals surface area contributed by atoms with Crippen LogP contribution in [-0.2, 0) is 4.74 Å². The summed E-state index contributed by atoms with van der Waals surface area (Å²) >= 11 is 5.65. The minimum Gasteiger partial charge on any atom is -0.478 e. The molecule has 7 nitrogen and oxygen atoms in total. The van der Waals surface area contributed by atoms with E-state index in [4.69, 9.17) is 21.4 Å². The van der Waals surface area contributed by atoms with Crippen LogP contribution in [-0.4, -0.2) is 46.3 Å². The summed E-state index contributed by atoms with van der Waals surface area (Å²) in [5.41, 5.74) is 2.83. The van der Waals surface area contributed by atoms with E-state index in [1.807, 2.05) is 37.3 Å². The van der Waals surface area contributed by atoms with Crippen LogP contribution in [0.3, 0.4) is 0 Å². The Morgan fingerprint density at radius 1 is 1.28 bits per heavy atom. The van der Waals surface area contributed by atoms with E-state index in [0.29, 0.717) is 17.5 Å². The quantitative estimate of drug-likeness (QED) is 0.386. The zero-order valence-electron chi connectivity index (χ0n) is 17.9. The highest BCUT2D eigenvalue weighted by atomic mass is 32.1. The number of nitrogens with one attached hydrogen (secondary N) is 1. The van der Waals surface area contributed by atoms with Crippen LogP contribution in [0.2, 0.25) is 0 Å². The van der Waals surface area contributed by atoms with Gasteiger partial charge >= 0.3 is 5.97 Å². The van der Waals surface area contributed by atoms with Gasteiger partial charge < -0.3 is 24.5 Å². The number of carboxylic acids is 1. The summed E-state index contributed by atoms with van der Waals surface area (Å²) in [7, 11) is 1.69. The number of furan rings is 1. The van der Waals surface area contributed by atoms with Crippen LogP contribution in [0.5, 0.6) is 0 Å². The van der Waals surface area contributed by atoms with Crippen LogP contribution in [0, 0.1) is 6.92 Å². The van der Waals surface area contributed by atoms with Gasteiger partial charge in [-0.05, 0) is 67.5 Å². The first kappa shape index (κ1) is 22.0. The second kappa shape index (κ2) is 9.50. The van der Waals surface area contributed by atoms with E-state index in [0.717, 1.165) is 35.5 Å². The first-order chi connectivity index (χ1) is 15.5. The number of ether oxygens (including phenoxy) is 1. The van der Waals surface area contributed by atoms with Crippen molar-refractivity contribution in [2.24, 2.45) is 0 Å². The third-order valence-electron chi connectivity index (χ3n) is 5.60. The van der Waals surface area contributed by atoms with Crippen LogP contribution in [0.4, 0.5) is 0 Å². The number of nitrogens with zero attached hydrogens (tertiary/aromatic N) is 2. The normalized spacial score (nSPS) is 18.1. The first-order valence-corrected chi connectivity index (χ1v) is 10.8. The second-order valence-corrected chi connectivity index (χ2v) is 8.09. The molecule has 1 fully saturated rings. The molecule has 0 aliphatic carbocycles. The number of thiocarbonyl (C=S) groups is 1. The fraction of sp³-hybridized carbons (Fsp3) is 0.292. The molecule has 1 aromatic carbocycles. The fourth-order valence-electron chi connectivity index (χ4n) is 4.06. The third kappa shape index (κ3) is 4.37. The largest absolute Gasteiger partial charge is 0.478 e. The Bertz CT molecular complexity index is 1120. The lowest BCUT2D eigenvalue weighted by molar-refractivity contribution is 0.0697. The van der Waals surface area contributed by atoms with Crippen molar-refractivity contribution in [3.8, 4) is 11.3 Å². The summed E-state index contributed by atoms with van der Waals surface area (Å²) in [4.78, 5) is 17.9. The van der Waals surface area contributed by atoms with Crippen LogP contribution in [0.25, 0.3) is 11.3 Å². The molecule has 3 aromatic rings. The summed E-state index contributed by atoms with van der Waals surface area (Å²) in [6.45, 7) is 3.23. The molecule has 2 atom stereocenters. The first-order valence-electron chi connectivity index (χ1n) is 10.4. The molecule has 2 N–H and O–H groups in total. The minimum absolute atomic E-state index is 0.152. The Balaban J connectivity index is 1.69. The van der Waals surface area contributed by atoms with E-state index in [2.05, 4.69) is 15.2 Å². The summed E-state index contributed by atoms with van der Waals surface area (Å²) in [5, 5.41) is 13.3. The molecule has 1 aliphatic rings. The number of benzene rings is 1. The minimum atomic E-state index is -0.949. The lowest BCUT2D eigenvalue weighted by atomic mass is 10.0. The van der Waals surface area contributed by atoms with Gasteiger partial charge in [-0.2, -0.15) is 0 Å². The SMILES string of the molecule is COCCCN1C(=S)N[C@@H](c2ccccn2)[C@H]1c1ccc(-c2ccc(C(=O)O)cc2C)o1. The third-order valence-corrected chi connectivity index (χ3v) is 5.95. The molecule has 0 amide bonds. The molecule has 1 aliphatic heterocycles. The Labute approximate surface area is 192 Å². The van der Waals surface area contributed by atoms with Crippen molar-refractivity contribution in [3.05, 3.63) is 77.3 Å². The Morgan fingerprint density at radius 2 is 2.12 bits per heavy atom. The molecule has 8 heteroatoms. The molecular weight excluding hydrogens is 426 g/mol. The highest BCUT2D eigenvalue weighted by molar-refractivity contribution is 7.80. The number of aromatic nitrogens is 1. The van der Waals surface area contributed by atoms with Gasteiger partial charge in [0.15, 0.2) is 5.11 Å². The zero-order valence-corrected chi connectivity index (χ0v) is 18.8. The number of pyridine rings is 1. The lowest BCUT2D eigenvalue weighted by Gasteiger charge is -2.26. The maximum Gasteiger partial charge on any atom is 0.335 e. The molecule has 0 unspecified atom stereocenters. The Morgan fingerprint density at radius 3 is 2.81 bits per heavy atom. The van der Waals surface area contributed by atoms with Crippen LogP contribution in [0.15, 0.2) is 59.1 Å². The second-order valence-electron chi connectivity index (χ2n) is 7.70. The number of aryl methyl sites for hydroxylation is 1. The summed E-state index contributed by atoms with van der Waals surface area (Å²) in [5.74, 6) is 0.501. The summed E-state index contributed by atoms with van der Waals surface area (Å²) in [6.07, 6.45) is 2.60. The van der Waals surface area contributed by atoms with Gasteiger partial charge in [0.2, 0.25) is 0 Å². The van der Waals surface area contributed by atoms with Crippen molar-refractivity contribution in [1.29, 1.82) is 0 Å². The average Bonchev–Trinajstić information content (AvgIpc) is 3.39.